The van der Waals surface area contributed by atoms with Crippen molar-refractivity contribution >= 4 is 15.9 Å². The number of hydrogen-bond donors (Lipinski definition) is 1. The summed E-state index contributed by atoms with van der Waals surface area (Å²) in [6.45, 7) is 4.70. The summed E-state index contributed by atoms with van der Waals surface area (Å²) in [5.74, 6) is -0.364. The van der Waals surface area contributed by atoms with E-state index in [4.69, 9.17) is 9.57 Å². The van der Waals surface area contributed by atoms with Gasteiger partial charge in [0.05, 0.1) is 24.7 Å². The van der Waals surface area contributed by atoms with Crippen molar-refractivity contribution < 1.29 is 22.8 Å². The molecule has 0 unspecified atom stereocenters. The number of nitrogens with one attached hydrogen (secondary N) is 1. The van der Waals surface area contributed by atoms with Gasteiger partial charge < -0.3 is 10.1 Å². The van der Waals surface area contributed by atoms with Crippen molar-refractivity contribution in [2.45, 2.75) is 38.0 Å². The van der Waals surface area contributed by atoms with E-state index in [1.165, 1.54) is 32.4 Å². The number of hydrogen-bond acceptors (Lipinski definition) is 5. The molecule has 1 N–H and O–H groups in total. The van der Waals surface area contributed by atoms with Crippen LogP contribution < -0.4 is 5.32 Å². The third-order valence-corrected chi connectivity index (χ3v) is 5.80. The standard InChI is InChI=1S/C20H26N2O5S/c1-15(2)27-14-18-9-6-5-8-17(18)13-21-20(23)16-10-7-11-19(12-16)28(24,25)22(3)26-4/h5-12,15H,13-14H2,1-4H3,(H,21,23). The van der Waals surface area contributed by atoms with Crippen LogP contribution in [-0.4, -0.2) is 39.1 Å². The second-order valence-electron chi connectivity index (χ2n) is 6.44. The summed E-state index contributed by atoms with van der Waals surface area (Å²) in [4.78, 5) is 17.3. The summed E-state index contributed by atoms with van der Waals surface area (Å²) in [7, 11) is -1.27. The number of hydroxylamine groups is 1. The maximum atomic E-state index is 12.5. The Bertz CT molecular complexity index is 912. The van der Waals surface area contributed by atoms with Crippen LogP contribution in [0.15, 0.2) is 53.4 Å². The lowest BCUT2D eigenvalue weighted by molar-refractivity contribution is -0.0258. The van der Waals surface area contributed by atoms with Crippen molar-refractivity contribution in [3.05, 3.63) is 65.2 Å². The number of ether oxygens (including phenoxy) is 1. The van der Waals surface area contributed by atoms with Crippen LogP contribution in [0.1, 0.15) is 35.3 Å². The molecule has 0 radical (unpaired) electrons. The van der Waals surface area contributed by atoms with Gasteiger partial charge in [-0.05, 0) is 43.2 Å². The molecule has 0 spiro atoms. The van der Waals surface area contributed by atoms with E-state index in [1.807, 2.05) is 38.1 Å². The Hall–Kier alpha value is -2.26. The highest BCUT2D eigenvalue weighted by Gasteiger charge is 2.22. The van der Waals surface area contributed by atoms with Crippen molar-refractivity contribution in [3.63, 3.8) is 0 Å². The molecule has 7 nitrogen and oxygen atoms in total. The van der Waals surface area contributed by atoms with E-state index in [9.17, 15) is 13.2 Å². The molecule has 0 aliphatic carbocycles. The number of benzene rings is 2. The molecule has 152 valence electrons. The fraction of sp³-hybridized carbons (Fsp3) is 0.350. The highest BCUT2D eigenvalue weighted by Crippen LogP contribution is 2.16. The molecule has 2 aromatic rings. The molecular weight excluding hydrogens is 380 g/mol. The normalized spacial score (nSPS) is 11.8. The number of rotatable bonds is 9. The van der Waals surface area contributed by atoms with E-state index in [2.05, 4.69) is 5.32 Å². The predicted molar refractivity (Wildman–Crippen MR) is 106 cm³/mol. The second-order valence-corrected chi connectivity index (χ2v) is 8.37. The number of nitrogens with zero attached hydrogens (tertiary/aromatic N) is 1. The Balaban J connectivity index is 2.12. The van der Waals surface area contributed by atoms with Gasteiger partial charge in [-0.3, -0.25) is 9.63 Å². The maximum Gasteiger partial charge on any atom is 0.264 e. The first-order chi connectivity index (χ1) is 13.3. The molecule has 0 bridgehead atoms. The van der Waals surface area contributed by atoms with Gasteiger partial charge in [0, 0.05) is 19.2 Å². The summed E-state index contributed by atoms with van der Waals surface area (Å²) in [5, 5.41) is 2.83. The second kappa shape index (κ2) is 9.79. The molecule has 2 aromatic carbocycles. The molecule has 0 aliphatic rings. The minimum Gasteiger partial charge on any atom is -0.374 e. The molecule has 28 heavy (non-hydrogen) atoms. The van der Waals surface area contributed by atoms with Crippen LogP contribution in [0.5, 0.6) is 0 Å². The number of carbonyl (C=O) groups excluding carboxylic acids is 1. The van der Waals surface area contributed by atoms with Crippen molar-refractivity contribution in [2.24, 2.45) is 0 Å². The van der Waals surface area contributed by atoms with Gasteiger partial charge in [-0.2, -0.15) is 0 Å². The van der Waals surface area contributed by atoms with Crippen molar-refractivity contribution in [1.82, 2.24) is 9.79 Å². The van der Waals surface area contributed by atoms with Gasteiger partial charge in [0.1, 0.15) is 0 Å². The molecule has 0 saturated carbocycles. The lowest BCUT2D eigenvalue weighted by atomic mass is 10.1. The first kappa shape index (κ1) is 22.0. The van der Waals surface area contributed by atoms with Crippen LogP contribution in [0.3, 0.4) is 0 Å². The fourth-order valence-electron chi connectivity index (χ4n) is 2.45. The van der Waals surface area contributed by atoms with Crippen LogP contribution >= 0.6 is 0 Å². The van der Waals surface area contributed by atoms with E-state index in [-0.39, 0.29) is 22.5 Å². The van der Waals surface area contributed by atoms with Crippen molar-refractivity contribution in [3.8, 4) is 0 Å². The van der Waals surface area contributed by atoms with Crippen molar-refractivity contribution in [1.29, 1.82) is 0 Å². The number of sulfonamides is 1. The van der Waals surface area contributed by atoms with Gasteiger partial charge in [0.2, 0.25) is 0 Å². The molecule has 0 heterocycles. The summed E-state index contributed by atoms with van der Waals surface area (Å²) in [6, 6.07) is 13.5. The zero-order valence-corrected chi connectivity index (χ0v) is 17.3. The monoisotopic (exact) mass is 406 g/mol. The van der Waals surface area contributed by atoms with Crippen molar-refractivity contribution in [2.75, 3.05) is 14.2 Å². The molecule has 0 aromatic heterocycles. The van der Waals surface area contributed by atoms with Crippen LogP contribution in [-0.2, 0) is 32.7 Å². The van der Waals surface area contributed by atoms with Gasteiger partial charge >= 0.3 is 0 Å². The van der Waals surface area contributed by atoms with E-state index in [1.54, 1.807) is 6.07 Å². The smallest absolute Gasteiger partial charge is 0.264 e. The molecule has 8 heteroatoms. The van der Waals surface area contributed by atoms with Crippen LogP contribution in [0.2, 0.25) is 0 Å². The first-order valence-electron chi connectivity index (χ1n) is 8.85. The largest absolute Gasteiger partial charge is 0.374 e. The van der Waals surface area contributed by atoms with E-state index < -0.39 is 10.0 Å². The topological polar surface area (TPSA) is 84.9 Å². The third kappa shape index (κ3) is 5.62. The molecule has 0 atom stereocenters. The Morgan fingerprint density at radius 3 is 2.43 bits per heavy atom. The summed E-state index contributed by atoms with van der Waals surface area (Å²) >= 11 is 0. The van der Waals surface area contributed by atoms with Crippen LogP contribution in [0.4, 0.5) is 0 Å². The summed E-state index contributed by atoms with van der Waals surface area (Å²) < 4.78 is 31.1. The summed E-state index contributed by atoms with van der Waals surface area (Å²) in [6.07, 6.45) is 0.109. The Morgan fingerprint density at radius 1 is 1.11 bits per heavy atom. The van der Waals surface area contributed by atoms with E-state index in [0.717, 1.165) is 15.6 Å². The quantitative estimate of drug-likeness (QED) is 0.647. The van der Waals surface area contributed by atoms with Gasteiger partial charge in [-0.15, -0.1) is 0 Å². The number of carbonyl (C=O) groups is 1. The van der Waals surface area contributed by atoms with Gasteiger partial charge in [-0.25, -0.2) is 8.42 Å². The van der Waals surface area contributed by atoms with Crippen LogP contribution in [0, 0.1) is 0 Å². The molecule has 0 fully saturated rings. The minimum absolute atomic E-state index is 0.0183. The van der Waals surface area contributed by atoms with Gasteiger partial charge in [0.25, 0.3) is 15.9 Å². The van der Waals surface area contributed by atoms with Gasteiger partial charge in [0.15, 0.2) is 0 Å². The molecular formula is C20H26N2O5S. The maximum absolute atomic E-state index is 12.5. The lowest BCUT2D eigenvalue weighted by Gasteiger charge is -2.15. The average Bonchev–Trinajstić information content (AvgIpc) is 2.70. The van der Waals surface area contributed by atoms with Crippen LogP contribution in [0.25, 0.3) is 0 Å². The molecule has 0 aliphatic heterocycles. The minimum atomic E-state index is -3.82. The zero-order chi connectivity index (χ0) is 20.7. The summed E-state index contributed by atoms with van der Waals surface area (Å²) in [5.41, 5.74) is 2.19. The number of amides is 1. The molecule has 0 saturated heterocycles. The van der Waals surface area contributed by atoms with Gasteiger partial charge in [-0.1, -0.05) is 34.8 Å². The van der Waals surface area contributed by atoms with E-state index >= 15 is 0 Å². The first-order valence-corrected chi connectivity index (χ1v) is 10.3. The Morgan fingerprint density at radius 2 is 1.79 bits per heavy atom. The lowest BCUT2D eigenvalue weighted by Crippen LogP contribution is -2.27. The zero-order valence-electron chi connectivity index (χ0n) is 16.5. The highest BCUT2D eigenvalue weighted by atomic mass is 32.2. The third-order valence-electron chi connectivity index (χ3n) is 4.12. The highest BCUT2D eigenvalue weighted by molar-refractivity contribution is 7.89. The Labute approximate surface area is 166 Å². The fourth-order valence-corrected chi connectivity index (χ4v) is 3.47. The van der Waals surface area contributed by atoms with E-state index in [0.29, 0.717) is 13.2 Å². The average molecular weight is 407 g/mol. The molecule has 1 amide bonds. The molecule has 2 rings (SSSR count). The predicted octanol–water partition coefficient (Wildman–Crippen LogP) is 2.72. The Kier molecular flexibility index (Phi) is 7.70. The SMILES string of the molecule is CON(C)S(=O)(=O)c1cccc(C(=O)NCc2ccccc2COC(C)C)c1.